The summed E-state index contributed by atoms with van der Waals surface area (Å²) in [4.78, 5) is 14.4. The van der Waals surface area contributed by atoms with Crippen molar-refractivity contribution in [1.29, 1.82) is 0 Å². The van der Waals surface area contributed by atoms with Gasteiger partial charge in [0, 0.05) is 17.7 Å². The zero-order valence-electron chi connectivity index (χ0n) is 15.5. The molecule has 0 spiro atoms. The van der Waals surface area contributed by atoms with Crippen LogP contribution in [0.5, 0.6) is 5.75 Å². The van der Waals surface area contributed by atoms with E-state index in [2.05, 4.69) is 0 Å². The Labute approximate surface area is 162 Å². The molecule has 0 aliphatic carbocycles. The van der Waals surface area contributed by atoms with Gasteiger partial charge in [0.15, 0.2) is 11.6 Å². The highest BCUT2D eigenvalue weighted by molar-refractivity contribution is 5.77. The van der Waals surface area contributed by atoms with Gasteiger partial charge in [0.2, 0.25) is 0 Å². The summed E-state index contributed by atoms with van der Waals surface area (Å²) in [5.41, 5.74) is 2.14. The van der Waals surface area contributed by atoms with Gasteiger partial charge in [-0.05, 0) is 36.5 Å². The van der Waals surface area contributed by atoms with Crippen molar-refractivity contribution < 1.29 is 23.0 Å². The number of rotatable bonds is 4. The van der Waals surface area contributed by atoms with Gasteiger partial charge >= 0.3 is 6.09 Å². The fourth-order valence-electron chi connectivity index (χ4n) is 4.11. The summed E-state index contributed by atoms with van der Waals surface area (Å²) in [6.07, 6.45) is 3.68. The second-order valence-electron chi connectivity index (χ2n) is 7.11. The number of carbonyl (C=O) groups is 1. The van der Waals surface area contributed by atoms with Crippen LogP contribution in [-0.4, -0.2) is 30.2 Å². The van der Waals surface area contributed by atoms with Gasteiger partial charge in [-0.15, -0.1) is 0 Å². The van der Waals surface area contributed by atoms with E-state index in [9.17, 15) is 13.6 Å². The first-order chi connectivity index (χ1) is 13.6. The topological polar surface area (TPSA) is 38.8 Å². The first-order valence-electron chi connectivity index (χ1n) is 9.30. The first kappa shape index (κ1) is 18.5. The number of halogens is 2. The van der Waals surface area contributed by atoms with Gasteiger partial charge in [-0.1, -0.05) is 36.4 Å². The summed E-state index contributed by atoms with van der Waals surface area (Å²) >= 11 is 0. The minimum Gasteiger partial charge on any atom is -0.493 e. The maximum absolute atomic E-state index is 14.1. The lowest BCUT2D eigenvalue weighted by atomic mass is 9.94. The molecule has 2 aromatic carbocycles. The minimum absolute atomic E-state index is 0.0344. The Morgan fingerprint density at radius 3 is 2.68 bits per heavy atom. The molecular formula is C22H21F2NO3. The molecule has 4 rings (SSSR count). The molecule has 1 amide bonds. The van der Waals surface area contributed by atoms with Crippen LogP contribution >= 0.6 is 0 Å². The molecule has 2 heterocycles. The van der Waals surface area contributed by atoms with E-state index >= 15 is 0 Å². The lowest BCUT2D eigenvalue weighted by molar-refractivity contribution is 0.0832. The number of methoxy groups -OCH3 is 1. The minimum atomic E-state index is -0.726. The average Bonchev–Trinajstić information content (AvgIpc) is 2.96. The van der Waals surface area contributed by atoms with Crippen molar-refractivity contribution in [2.24, 2.45) is 0 Å². The van der Waals surface area contributed by atoms with E-state index in [1.807, 2.05) is 36.4 Å². The van der Waals surface area contributed by atoms with Gasteiger partial charge in [0.25, 0.3) is 0 Å². The highest BCUT2D eigenvalue weighted by Crippen LogP contribution is 2.42. The standard InChI is InChI=1S/C22H21F2NO3/c1-27-21-19(11-16(23)12-20(21)24)15-9-17-7-8-18(10-15)25(17)22(26)28-13-14-5-3-2-4-6-14/h2-6,9,11-12,17-18H,7-8,10,13H2,1H3. The largest absolute Gasteiger partial charge is 0.493 e. The fraction of sp³-hybridized carbons (Fsp3) is 0.318. The summed E-state index contributed by atoms with van der Waals surface area (Å²) in [5.74, 6) is -1.34. The Kier molecular flexibility index (Phi) is 5.03. The van der Waals surface area contributed by atoms with Crippen LogP contribution in [0.1, 0.15) is 30.4 Å². The first-order valence-corrected chi connectivity index (χ1v) is 9.30. The monoisotopic (exact) mass is 385 g/mol. The third-order valence-electron chi connectivity index (χ3n) is 5.37. The van der Waals surface area contributed by atoms with Crippen molar-refractivity contribution in [3.63, 3.8) is 0 Å². The molecule has 1 fully saturated rings. The van der Waals surface area contributed by atoms with E-state index in [-0.39, 0.29) is 30.5 Å². The van der Waals surface area contributed by atoms with E-state index in [1.54, 1.807) is 4.90 Å². The summed E-state index contributed by atoms with van der Waals surface area (Å²) in [6.45, 7) is 0.217. The van der Waals surface area contributed by atoms with Gasteiger partial charge in [-0.25, -0.2) is 13.6 Å². The Bertz CT molecular complexity index is 913. The molecule has 28 heavy (non-hydrogen) atoms. The van der Waals surface area contributed by atoms with Crippen molar-refractivity contribution in [1.82, 2.24) is 4.90 Å². The third kappa shape index (κ3) is 3.46. The van der Waals surface area contributed by atoms with Crippen LogP contribution in [0, 0.1) is 11.6 Å². The van der Waals surface area contributed by atoms with E-state index in [0.29, 0.717) is 12.0 Å². The smallest absolute Gasteiger partial charge is 0.410 e. The maximum Gasteiger partial charge on any atom is 0.410 e. The molecule has 0 aromatic heterocycles. The lowest BCUT2D eigenvalue weighted by Gasteiger charge is -2.33. The Balaban J connectivity index is 1.53. The Hall–Kier alpha value is -2.89. The second-order valence-corrected chi connectivity index (χ2v) is 7.11. The number of benzene rings is 2. The van der Waals surface area contributed by atoms with Crippen LogP contribution < -0.4 is 4.74 Å². The number of fused-ring (bicyclic) bond motifs is 2. The molecule has 0 saturated carbocycles. The Morgan fingerprint density at radius 1 is 1.18 bits per heavy atom. The molecule has 2 unspecified atom stereocenters. The summed E-state index contributed by atoms with van der Waals surface area (Å²) in [5, 5.41) is 0. The van der Waals surface area contributed by atoms with E-state index in [4.69, 9.17) is 9.47 Å². The molecule has 2 atom stereocenters. The number of carbonyl (C=O) groups excluding carboxylic acids is 1. The fourth-order valence-corrected chi connectivity index (χ4v) is 4.11. The van der Waals surface area contributed by atoms with Gasteiger partial charge in [-0.2, -0.15) is 0 Å². The average molecular weight is 385 g/mol. The normalized spacial score (nSPS) is 20.7. The molecule has 1 saturated heterocycles. The van der Waals surface area contributed by atoms with Crippen LogP contribution in [0.2, 0.25) is 0 Å². The molecule has 2 bridgehead atoms. The number of ether oxygens (including phenoxy) is 2. The number of amides is 1. The molecule has 2 aliphatic rings. The lowest BCUT2D eigenvalue weighted by Crippen LogP contribution is -2.43. The molecule has 2 aromatic rings. The van der Waals surface area contributed by atoms with Gasteiger partial charge in [0.1, 0.15) is 12.4 Å². The van der Waals surface area contributed by atoms with Crippen LogP contribution in [0.25, 0.3) is 5.57 Å². The zero-order valence-corrected chi connectivity index (χ0v) is 15.5. The number of nitrogens with zero attached hydrogens (tertiary/aromatic N) is 1. The van der Waals surface area contributed by atoms with E-state index < -0.39 is 11.6 Å². The van der Waals surface area contributed by atoms with Crippen molar-refractivity contribution in [2.45, 2.75) is 38.0 Å². The third-order valence-corrected chi connectivity index (χ3v) is 5.37. The maximum atomic E-state index is 14.1. The van der Waals surface area contributed by atoms with Gasteiger partial charge in [-0.3, -0.25) is 4.90 Å². The van der Waals surface area contributed by atoms with Gasteiger partial charge in [0.05, 0.1) is 13.2 Å². The molecule has 146 valence electrons. The Morgan fingerprint density at radius 2 is 1.96 bits per heavy atom. The van der Waals surface area contributed by atoms with Crippen LogP contribution in [-0.2, 0) is 11.3 Å². The van der Waals surface area contributed by atoms with Crippen LogP contribution in [0.4, 0.5) is 13.6 Å². The van der Waals surface area contributed by atoms with Crippen molar-refractivity contribution in [2.75, 3.05) is 7.11 Å². The zero-order chi connectivity index (χ0) is 19.7. The predicted octanol–water partition coefficient (Wildman–Crippen LogP) is 4.93. The van der Waals surface area contributed by atoms with Crippen molar-refractivity contribution >= 4 is 11.7 Å². The van der Waals surface area contributed by atoms with Gasteiger partial charge < -0.3 is 9.47 Å². The molecule has 4 nitrogen and oxygen atoms in total. The predicted molar refractivity (Wildman–Crippen MR) is 101 cm³/mol. The summed E-state index contributed by atoms with van der Waals surface area (Å²) in [6, 6.07) is 11.4. The van der Waals surface area contributed by atoms with Crippen molar-refractivity contribution in [3.05, 3.63) is 71.3 Å². The number of hydrogen-bond donors (Lipinski definition) is 0. The quantitative estimate of drug-likeness (QED) is 0.749. The number of hydrogen-bond acceptors (Lipinski definition) is 3. The SMILES string of the molecule is COc1c(F)cc(F)cc1C1=CC2CCC(C1)N2C(=O)OCc1ccccc1. The second kappa shape index (κ2) is 7.62. The molecule has 0 radical (unpaired) electrons. The molecule has 2 aliphatic heterocycles. The molecule has 6 heteroatoms. The summed E-state index contributed by atoms with van der Waals surface area (Å²) < 4.78 is 38.5. The summed E-state index contributed by atoms with van der Waals surface area (Å²) in [7, 11) is 1.37. The van der Waals surface area contributed by atoms with Crippen molar-refractivity contribution in [3.8, 4) is 5.75 Å². The van der Waals surface area contributed by atoms with Crippen LogP contribution in [0.3, 0.4) is 0 Å². The van der Waals surface area contributed by atoms with E-state index in [0.717, 1.165) is 30.0 Å². The molecule has 0 N–H and O–H groups in total. The highest BCUT2D eigenvalue weighted by Gasteiger charge is 2.41. The molecular weight excluding hydrogens is 364 g/mol. The van der Waals surface area contributed by atoms with E-state index in [1.165, 1.54) is 13.2 Å². The van der Waals surface area contributed by atoms with Crippen LogP contribution in [0.15, 0.2) is 48.5 Å². The highest BCUT2D eigenvalue weighted by atomic mass is 19.1.